The molecule has 90 valence electrons. The number of aryl methyl sites for hydroxylation is 1. The molecule has 5 heteroatoms. The highest BCUT2D eigenvalue weighted by molar-refractivity contribution is 5.93. The predicted octanol–water partition coefficient (Wildman–Crippen LogP) is 1.53. The van der Waals surface area contributed by atoms with Gasteiger partial charge in [-0.3, -0.25) is 4.57 Å². The molecule has 0 amide bonds. The number of imidazole rings is 1. The maximum absolute atomic E-state index is 11.7. The topological polar surface area (TPSA) is 64.1 Å². The lowest BCUT2D eigenvalue weighted by atomic mass is 10.2. The summed E-state index contributed by atoms with van der Waals surface area (Å²) >= 11 is 0. The number of aromatic nitrogens is 2. The number of aromatic amines is 1. The van der Waals surface area contributed by atoms with Crippen molar-refractivity contribution in [1.29, 1.82) is 0 Å². The standard InChI is InChI=1S/C12H14N2O3/c1-3-6-14-10-5-4-8(11(15)17-2)7-9(10)13-12(14)16/h4-5,7H,3,6H2,1-2H3,(H,13,16). The molecule has 0 aliphatic rings. The summed E-state index contributed by atoms with van der Waals surface area (Å²) < 4.78 is 6.30. The first-order valence-corrected chi connectivity index (χ1v) is 5.48. The Hall–Kier alpha value is -2.04. The fourth-order valence-corrected chi connectivity index (χ4v) is 1.85. The maximum Gasteiger partial charge on any atom is 0.337 e. The molecular weight excluding hydrogens is 220 g/mol. The van der Waals surface area contributed by atoms with Gasteiger partial charge in [0, 0.05) is 6.54 Å². The molecule has 1 N–H and O–H groups in total. The Morgan fingerprint density at radius 3 is 2.88 bits per heavy atom. The second-order valence-corrected chi connectivity index (χ2v) is 3.81. The number of esters is 1. The lowest BCUT2D eigenvalue weighted by Crippen LogP contribution is -2.16. The molecule has 17 heavy (non-hydrogen) atoms. The van der Waals surface area contributed by atoms with E-state index in [1.807, 2.05) is 6.92 Å². The van der Waals surface area contributed by atoms with E-state index in [1.165, 1.54) is 7.11 Å². The summed E-state index contributed by atoms with van der Waals surface area (Å²) in [5, 5.41) is 0. The van der Waals surface area contributed by atoms with Gasteiger partial charge in [0.25, 0.3) is 0 Å². The largest absolute Gasteiger partial charge is 0.465 e. The van der Waals surface area contributed by atoms with Gasteiger partial charge in [0.2, 0.25) is 0 Å². The van der Waals surface area contributed by atoms with Crippen molar-refractivity contribution in [2.75, 3.05) is 7.11 Å². The van der Waals surface area contributed by atoms with Crippen LogP contribution in [0.4, 0.5) is 0 Å². The third-order valence-corrected chi connectivity index (χ3v) is 2.64. The Labute approximate surface area is 98.0 Å². The minimum absolute atomic E-state index is 0.149. The molecule has 0 saturated carbocycles. The van der Waals surface area contributed by atoms with Crippen LogP contribution in [0.3, 0.4) is 0 Å². The molecule has 0 aliphatic carbocycles. The fourth-order valence-electron chi connectivity index (χ4n) is 1.85. The first-order chi connectivity index (χ1) is 8.17. The van der Waals surface area contributed by atoms with E-state index < -0.39 is 5.97 Å². The van der Waals surface area contributed by atoms with Crippen molar-refractivity contribution in [1.82, 2.24) is 9.55 Å². The zero-order chi connectivity index (χ0) is 12.4. The van der Waals surface area contributed by atoms with Crippen LogP contribution in [0.15, 0.2) is 23.0 Å². The number of carbonyl (C=O) groups is 1. The van der Waals surface area contributed by atoms with Gasteiger partial charge in [-0.05, 0) is 24.6 Å². The molecular formula is C12H14N2O3. The van der Waals surface area contributed by atoms with Crippen LogP contribution >= 0.6 is 0 Å². The summed E-state index contributed by atoms with van der Waals surface area (Å²) in [6, 6.07) is 5.05. The molecule has 0 fully saturated rings. The van der Waals surface area contributed by atoms with Crippen LogP contribution in [0.5, 0.6) is 0 Å². The number of hydrogen-bond acceptors (Lipinski definition) is 3. The smallest absolute Gasteiger partial charge is 0.337 e. The summed E-state index contributed by atoms with van der Waals surface area (Å²) in [6.45, 7) is 2.67. The van der Waals surface area contributed by atoms with Crippen LogP contribution in [0, 0.1) is 0 Å². The van der Waals surface area contributed by atoms with Gasteiger partial charge in [0.1, 0.15) is 0 Å². The zero-order valence-electron chi connectivity index (χ0n) is 9.82. The average Bonchev–Trinajstić information content (AvgIpc) is 2.64. The zero-order valence-corrected chi connectivity index (χ0v) is 9.82. The highest BCUT2D eigenvalue weighted by Crippen LogP contribution is 2.13. The predicted molar refractivity (Wildman–Crippen MR) is 64.2 cm³/mol. The molecule has 0 aliphatic heterocycles. The van der Waals surface area contributed by atoms with E-state index in [4.69, 9.17) is 0 Å². The van der Waals surface area contributed by atoms with Crippen molar-refractivity contribution in [3.63, 3.8) is 0 Å². The number of fused-ring (bicyclic) bond motifs is 1. The Morgan fingerprint density at radius 2 is 2.24 bits per heavy atom. The van der Waals surface area contributed by atoms with Gasteiger partial charge in [-0.2, -0.15) is 0 Å². The Kier molecular flexibility index (Phi) is 2.99. The van der Waals surface area contributed by atoms with Crippen molar-refractivity contribution in [3.05, 3.63) is 34.2 Å². The van der Waals surface area contributed by atoms with Crippen molar-refractivity contribution in [2.45, 2.75) is 19.9 Å². The number of hydrogen-bond donors (Lipinski definition) is 1. The van der Waals surface area contributed by atoms with Crippen molar-refractivity contribution >= 4 is 17.0 Å². The van der Waals surface area contributed by atoms with Crippen LogP contribution in [0.2, 0.25) is 0 Å². The van der Waals surface area contributed by atoms with Gasteiger partial charge in [-0.25, -0.2) is 9.59 Å². The van der Waals surface area contributed by atoms with Gasteiger partial charge in [0.05, 0.1) is 23.7 Å². The van der Waals surface area contributed by atoms with E-state index >= 15 is 0 Å². The van der Waals surface area contributed by atoms with Crippen molar-refractivity contribution in [3.8, 4) is 0 Å². The summed E-state index contributed by atoms with van der Waals surface area (Å²) in [4.78, 5) is 25.8. The third kappa shape index (κ3) is 1.95. The van der Waals surface area contributed by atoms with Crippen molar-refractivity contribution in [2.24, 2.45) is 0 Å². The number of ether oxygens (including phenoxy) is 1. The Bertz CT molecular complexity index is 610. The normalized spacial score (nSPS) is 10.7. The van der Waals surface area contributed by atoms with E-state index in [0.717, 1.165) is 11.9 Å². The van der Waals surface area contributed by atoms with E-state index in [-0.39, 0.29) is 5.69 Å². The van der Waals surface area contributed by atoms with E-state index in [2.05, 4.69) is 9.72 Å². The van der Waals surface area contributed by atoms with E-state index in [0.29, 0.717) is 17.6 Å². The second-order valence-electron chi connectivity index (χ2n) is 3.81. The molecule has 0 bridgehead atoms. The van der Waals surface area contributed by atoms with E-state index in [1.54, 1.807) is 22.8 Å². The summed E-state index contributed by atoms with van der Waals surface area (Å²) in [7, 11) is 1.33. The molecule has 0 saturated heterocycles. The molecule has 2 rings (SSSR count). The molecule has 5 nitrogen and oxygen atoms in total. The third-order valence-electron chi connectivity index (χ3n) is 2.64. The number of rotatable bonds is 3. The fraction of sp³-hybridized carbons (Fsp3) is 0.333. The number of benzene rings is 1. The second kappa shape index (κ2) is 4.45. The quantitative estimate of drug-likeness (QED) is 0.819. The van der Waals surface area contributed by atoms with Crippen LogP contribution in [-0.4, -0.2) is 22.6 Å². The van der Waals surface area contributed by atoms with Crippen LogP contribution in [0.1, 0.15) is 23.7 Å². The minimum Gasteiger partial charge on any atom is -0.465 e. The number of nitrogens with one attached hydrogen (secondary N) is 1. The van der Waals surface area contributed by atoms with Crippen molar-refractivity contribution < 1.29 is 9.53 Å². The van der Waals surface area contributed by atoms with Crippen LogP contribution < -0.4 is 5.69 Å². The molecule has 0 radical (unpaired) electrons. The first kappa shape index (κ1) is 11.4. The summed E-state index contributed by atoms with van der Waals surface area (Å²) in [5.74, 6) is -0.406. The minimum atomic E-state index is -0.406. The number of methoxy groups -OCH3 is 1. The SMILES string of the molecule is CCCn1c(=O)[nH]c2cc(C(=O)OC)ccc21. The summed E-state index contributed by atoms with van der Waals surface area (Å²) in [6.07, 6.45) is 0.881. The van der Waals surface area contributed by atoms with Gasteiger partial charge >= 0.3 is 11.7 Å². The molecule has 2 aromatic rings. The van der Waals surface area contributed by atoms with E-state index in [9.17, 15) is 9.59 Å². The summed E-state index contributed by atoms with van der Waals surface area (Å²) in [5.41, 5.74) is 1.75. The number of carbonyl (C=O) groups excluding carboxylic acids is 1. The van der Waals surface area contributed by atoms with Gasteiger partial charge in [-0.15, -0.1) is 0 Å². The number of H-pyrrole nitrogens is 1. The molecule has 1 aromatic carbocycles. The monoisotopic (exact) mass is 234 g/mol. The maximum atomic E-state index is 11.7. The van der Waals surface area contributed by atoms with Crippen LogP contribution in [0.25, 0.3) is 11.0 Å². The highest BCUT2D eigenvalue weighted by Gasteiger charge is 2.10. The van der Waals surface area contributed by atoms with Gasteiger partial charge < -0.3 is 9.72 Å². The molecule has 1 aromatic heterocycles. The molecule has 1 heterocycles. The van der Waals surface area contributed by atoms with Crippen LogP contribution in [-0.2, 0) is 11.3 Å². The lowest BCUT2D eigenvalue weighted by Gasteiger charge is -2.01. The average molecular weight is 234 g/mol. The van der Waals surface area contributed by atoms with Gasteiger partial charge in [0.15, 0.2) is 0 Å². The Balaban J connectivity index is 2.57. The molecule has 0 atom stereocenters. The Morgan fingerprint density at radius 1 is 1.47 bits per heavy atom. The lowest BCUT2D eigenvalue weighted by molar-refractivity contribution is 0.0601. The highest BCUT2D eigenvalue weighted by atomic mass is 16.5. The molecule has 0 spiro atoms. The van der Waals surface area contributed by atoms with Gasteiger partial charge in [-0.1, -0.05) is 6.92 Å². The first-order valence-electron chi connectivity index (χ1n) is 5.48. The molecule has 0 unspecified atom stereocenters. The number of nitrogens with zero attached hydrogens (tertiary/aromatic N) is 1.